The lowest BCUT2D eigenvalue weighted by molar-refractivity contribution is -0.384. The minimum absolute atomic E-state index is 0.135. The van der Waals surface area contributed by atoms with Crippen LogP contribution in [0.25, 0.3) is 0 Å². The van der Waals surface area contributed by atoms with Gasteiger partial charge in [0.15, 0.2) is 6.29 Å². The van der Waals surface area contributed by atoms with Gasteiger partial charge in [-0.05, 0) is 0 Å². The van der Waals surface area contributed by atoms with E-state index in [9.17, 15) is 14.9 Å². The van der Waals surface area contributed by atoms with Crippen LogP contribution >= 0.6 is 0 Å². The van der Waals surface area contributed by atoms with E-state index >= 15 is 0 Å². The first kappa shape index (κ1) is 8.12. The lowest BCUT2D eigenvalue weighted by Gasteiger charge is -1.95. The average molecular weight is 167 g/mol. The van der Waals surface area contributed by atoms with E-state index < -0.39 is 4.92 Å². The molecular formula is C6H5N3O3. The highest BCUT2D eigenvalue weighted by atomic mass is 16.6. The maximum absolute atomic E-state index is 10.3. The number of nitro groups is 1. The summed E-state index contributed by atoms with van der Waals surface area (Å²) in [5.74, 6) is -0.189. The zero-order valence-electron chi connectivity index (χ0n) is 5.93. The van der Waals surface area contributed by atoms with Gasteiger partial charge in [0, 0.05) is 17.8 Å². The molecule has 6 heteroatoms. The van der Waals surface area contributed by atoms with Crippen LogP contribution in [-0.2, 0) is 0 Å². The van der Waals surface area contributed by atoms with Gasteiger partial charge in [-0.1, -0.05) is 0 Å². The first-order chi connectivity index (χ1) is 5.65. The quantitative estimate of drug-likeness (QED) is 0.390. The monoisotopic (exact) mass is 167 g/mol. The molecule has 1 heterocycles. The fraction of sp³-hybridized carbons (Fsp3) is 0. The van der Waals surface area contributed by atoms with Crippen molar-refractivity contribution in [3.63, 3.8) is 0 Å². The van der Waals surface area contributed by atoms with Crippen molar-refractivity contribution >= 4 is 17.8 Å². The summed E-state index contributed by atoms with van der Waals surface area (Å²) < 4.78 is 0. The topological polar surface area (TPSA) is 99.1 Å². The third kappa shape index (κ3) is 1.36. The molecule has 0 aliphatic heterocycles. The number of aldehydes is 1. The van der Waals surface area contributed by atoms with Gasteiger partial charge >= 0.3 is 5.69 Å². The number of hydrogen-bond acceptors (Lipinski definition) is 5. The molecule has 0 atom stereocenters. The van der Waals surface area contributed by atoms with Crippen molar-refractivity contribution in [1.29, 1.82) is 0 Å². The van der Waals surface area contributed by atoms with E-state index in [2.05, 4.69) is 4.98 Å². The third-order valence-corrected chi connectivity index (χ3v) is 1.25. The summed E-state index contributed by atoms with van der Waals surface area (Å²) >= 11 is 0. The van der Waals surface area contributed by atoms with Crippen molar-refractivity contribution in [3.8, 4) is 0 Å². The Morgan fingerprint density at radius 1 is 1.67 bits per heavy atom. The summed E-state index contributed by atoms with van der Waals surface area (Å²) in [5.41, 5.74) is 4.96. The second-order valence-corrected chi connectivity index (χ2v) is 2.05. The highest BCUT2D eigenvalue weighted by Crippen LogP contribution is 2.18. The Bertz CT molecular complexity index is 337. The summed E-state index contributed by atoms with van der Waals surface area (Å²) in [4.78, 5) is 23.2. The molecule has 6 nitrogen and oxygen atoms in total. The van der Waals surface area contributed by atoms with Gasteiger partial charge < -0.3 is 5.73 Å². The van der Waals surface area contributed by atoms with Crippen LogP contribution in [-0.4, -0.2) is 16.2 Å². The van der Waals surface area contributed by atoms with Gasteiger partial charge in [-0.3, -0.25) is 14.9 Å². The van der Waals surface area contributed by atoms with Crippen LogP contribution in [0.4, 0.5) is 11.5 Å². The second-order valence-electron chi connectivity index (χ2n) is 2.05. The first-order valence-corrected chi connectivity index (χ1v) is 3.00. The molecule has 0 radical (unpaired) electrons. The molecule has 0 saturated carbocycles. The summed E-state index contributed by atoms with van der Waals surface area (Å²) in [6, 6.07) is 1.08. The smallest absolute Gasteiger partial charge is 0.311 e. The van der Waals surface area contributed by atoms with Crippen molar-refractivity contribution in [2.75, 3.05) is 5.73 Å². The summed E-state index contributed by atoms with van der Waals surface area (Å²) in [6.45, 7) is 0. The minimum Gasteiger partial charge on any atom is -0.378 e. The lowest BCUT2D eigenvalue weighted by Crippen LogP contribution is -1.99. The molecule has 2 N–H and O–H groups in total. The lowest BCUT2D eigenvalue weighted by atomic mass is 10.3. The van der Waals surface area contributed by atoms with E-state index in [0.717, 1.165) is 6.07 Å². The van der Waals surface area contributed by atoms with Crippen LogP contribution in [0.2, 0.25) is 0 Å². The second kappa shape index (κ2) is 2.95. The number of nitrogen functional groups attached to an aromatic ring is 1. The molecule has 0 saturated heterocycles. The Labute approximate surface area is 67.2 Å². The minimum atomic E-state index is -0.685. The third-order valence-electron chi connectivity index (χ3n) is 1.25. The van der Waals surface area contributed by atoms with Gasteiger partial charge in [0.2, 0.25) is 5.82 Å². The molecule has 0 bridgehead atoms. The van der Waals surface area contributed by atoms with Crippen molar-refractivity contribution in [2.24, 2.45) is 0 Å². The fourth-order valence-electron chi connectivity index (χ4n) is 0.690. The number of carbonyl (C=O) groups excluding carboxylic acids is 1. The molecule has 1 aromatic heterocycles. The Morgan fingerprint density at radius 3 is 2.83 bits per heavy atom. The number of nitrogens with two attached hydrogens (primary N) is 1. The number of carbonyl (C=O) groups is 1. The Morgan fingerprint density at radius 2 is 2.33 bits per heavy atom. The Hall–Kier alpha value is -1.98. The van der Waals surface area contributed by atoms with Gasteiger partial charge in [0.25, 0.3) is 0 Å². The zero-order valence-corrected chi connectivity index (χ0v) is 5.93. The first-order valence-electron chi connectivity index (χ1n) is 3.00. The summed E-state index contributed by atoms with van der Waals surface area (Å²) in [6.07, 6.45) is 1.65. The number of hydrogen-bond donors (Lipinski definition) is 1. The molecular weight excluding hydrogens is 162 g/mol. The number of aromatic nitrogens is 1. The highest BCUT2D eigenvalue weighted by Gasteiger charge is 2.12. The molecule has 0 amide bonds. The normalized spacial score (nSPS) is 9.33. The predicted molar refractivity (Wildman–Crippen MR) is 40.7 cm³/mol. The number of rotatable bonds is 2. The molecule has 1 aromatic rings. The van der Waals surface area contributed by atoms with Crippen LogP contribution < -0.4 is 5.73 Å². The summed E-state index contributed by atoms with van der Waals surface area (Å²) in [5, 5.41) is 10.3. The molecule has 0 aliphatic carbocycles. The van der Waals surface area contributed by atoms with Crippen molar-refractivity contribution in [2.45, 2.75) is 0 Å². The molecule has 0 unspecified atom stereocenters. The Kier molecular flexibility index (Phi) is 2.00. The van der Waals surface area contributed by atoms with E-state index in [1.807, 2.05) is 0 Å². The molecule has 0 aromatic carbocycles. The zero-order chi connectivity index (χ0) is 9.14. The van der Waals surface area contributed by atoms with Gasteiger partial charge in [-0.2, -0.15) is 0 Å². The van der Waals surface area contributed by atoms with Gasteiger partial charge in [0.1, 0.15) is 0 Å². The van der Waals surface area contributed by atoms with Crippen LogP contribution in [0.15, 0.2) is 12.3 Å². The highest BCUT2D eigenvalue weighted by molar-refractivity contribution is 5.76. The van der Waals surface area contributed by atoms with E-state index in [1.54, 1.807) is 0 Å². The van der Waals surface area contributed by atoms with Crippen LogP contribution in [0.5, 0.6) is 0 Å². The van der Waals surface area contributed by atoms with Gasteiger partial charge in [-0.15, -0.1) is 0 Å². The molecule has 0 spiro atoms. The molecule has 0 aliphatic rings. The van der Waals surface area contributed by atoms with Gasteiger partial charge in [-0.25, -0.2) is 4.98 Å². The average Bonchev–Trinajstić information content (AvgIpc) is 2.05. The van der Waals surface area contributed by atoms with Crippen molar-refractivity contribution in [1.82, 2.24) is 4.98 Å². The van der Waals surface area contributed by atoms with Crippen molar-refractivity contribution < 1.29 is 9.72 Å². The SMILES string of the molecule is Nc1ncc(C=O)cc1[N+](=O)[O-]. The van der Waals surface area contributed by atoms with Crippen LogP contribution in [0.3, 0.4) is 0 Å². The molecule has 0 fully saturated rings. The number of pyridine rings is 1. The van der Waals surface area contributed by atoms with E-state index in [-0.39, 0.29) is 17.1 Å². The number of nitrogens with zero attached hydrogens (tertiary/aromatic N) is 2. The maximum atomic E-state index is 10.3. The summed E-state index contributed by atoms with van der Waals surface area (Å²) in [7, 11) is 0. The van der Waals surface area contributed by atoms with Gasteiger partial charge in [0.05, 0.1) is 4.92 Å². The van der Waals surface area contributed by atoms with Crippen LogP contribution in [0.1, 0.15) is 10.4 Å². The van der Waals surface area contributed by atoms with E-state index in [0.29, 0.717) is 6.29 Å². The van der Waals surface area contributed by atoms with Crippen molar-refractivity contribution in [3.05, 3.63) is 27.9 Å². The molecule has 1 rings (SSSR count). The van der Waals surface area contributed by atoms with Crippen LogP contribution in [0, 0.1) is 10.1 Å². The predicted octanol–water partition coefficient (Wildman–Crippen LogP) is 0.384. The maximum Gasteiger partial charge on any atom is 0.311 e. The standard InChI is InChI=1S/C6H5N3O3/c7-6-5(9(11)12)1-4(3-10)2-8-6/h1-3H,(H2,7,8). The number of anilines is 1. The van der Waals surface area contributed by atoms with E-state index in [1.165, 1.54) is 6.20 Å². The van der Waals surface area contributed by atoms with E-state index in [4.69, 9.17) is 5.73 Å². The fourth-order valence-corrected chi connectivity index (χ4v) is 0.690. The Balaban J connectivity index is 3.25. The largest absolute Gasteiger partial charge is 0.378 e. The molecule has 62 valence electrons. The molecule has 12 heavy (non-hydrogen) atoms.